The molecule has 0 unspecified atom stereocenters. The summed E-state index contributed by atoms with van der Waals surface area (Å²) in [6, 6.07) is 15.7. The molecular weight excluding hydrogens is 376 g/mol. The van der Waals surface area contributed by atoms with E-state index >= 15 is 0 Å². The smallest absolute Gasteiger partial charge is 0.251 e. The number of aryl methyl sites for hydroxylation is 2. The lowest BCUT2D eigenvalue weighted by molar-refractivity contribution is 0.0950. The van der Waals surface area contributed by atoms with Crippen molar-refractivity contribution < 1.29 is 18.3 Å². The van der Waals surface area contributed by atoms with Crippen LogP contribution < -0.4 is 5.32 Å². The monoisotopic (exact) mass is 396 g/mol. The summed E-state index contributed by atoms with van der Waals surface area (Å²) in [5.41, 5.74) is 2.39. The van der Waals surface area contributed by atoms with Crippen molar-refractivity contribution in [1.29, 1.82) is 0 Å². The molecule has 0 saturated heterocycles. The first-order valence-corrected chi connectivity index (χ1v) is 10.1. The first kappa shape index (κ1) is 19.6. The number of aromatic nitrogens is 1. The fraction of sp³-hybridized carbons (Fsp3) is 0.143. The molecule has 0 aliphatic carbocycles. The minimum absolute atomic E-state index is 0.109. The standard InChI is InChI=1S/C21H20N2O4S/c1-14-12-15(2)23-21(25)19(14)13-22-20(24)16-8-10-18(11-9-16)28(26,27)17-6-4-3-5-7-17/h3-12H,13H2,1-2H3,(H,22,24)(H,23,25). The van der Waals surface area contributed by atoms with Crippen LogP contribution in [-0.4, -0.2) is 24.4 Å². The van der Waals surface area contributed by atoms with Gasteiger partial charge >= 0.3 is 0 Å². The van der Waals surface area contributed by atoms with Crippen molar-refractivity contribution in [2.75, 3.05) is 0 Å². The molecule has 3 rings (SSSR count). The second kappa shape index (κ2) is 7.82. The Morgan fingerprint density at radius 3 is 2.21 bits per heavy atom. The normalized spacial score (nSPS) is 11.2. The third kappa shape index (κ3) is 4.04. The molecule has 0 bridgehead atoms. The number of amides is 1. The van der Waals surface area contributed by atoms with Crippen LogP contribution in [0.4, 0.5) is 0 Å². The number of carbonyl (C=O) groups is 1. The van der Waals surface area contributed by atoms with E-state index < -0.39 is 9.84 Å². The minimum Gasteiger partial charge on any atom is -0.493 e. The van der Waals surface area contributed by atoms with E-state index in [4.69, 9.17) is 0 Å². The largest absolute Gasteiger partial charge is 0.493 e. The Morgan fingerprint density at radius 1 is 1.00 bits per heavy atom. The maximum Gasteiger partial charge on any atom is 0.251 e. The molecule has 3 aromatic rings. The molecule has 0 atom stereocenters. The van der Waals surface area contributed by atoms with E-state index in [2.05, 4.69) is 10.3 Å². The van der Waals surface area contributed by atoms with Gasteiger partial charge in [0.05, 0.1) is 9.79 Å². The Kier molecular flexibility index (Phi) is 5.46. The molecule has 0 fully saturated rings. The number of nitrogens with zero attached hydrogens (tertiary/aromatic N) is 1. The number of hydrogen-bond donors (Lipinski definition) is 2. The summed E-state index contributed by atoms with van der Waals surface area (Å²) in [7, 11) is -3.63. The van der Waals surface area contributed by atoms with Gasteiger partial charge in [0, 0.05) is 23.4 Å². The van der Waals surface area contributed by atoms with Crippen LogP contribution in [0.2, 0.25) is 0 Å². The SMILES string of the molecule is Cc1cc(C)c(CNC(=O)c2ccc(S(=O)(=O)c3ccccc3)cc2)c(O)n1. The van der Waals surface area contributed by atoms with Crippen LogP contribution in [0.1, 0.15) is 27.2 Å². The molecule has 1 heterocycles. The molecule has 2 aromatic carbocycles. The van der Waals surface area contributed by atoms with Gasteiger partial charge < -0.3 is 10.4 Å². The van der Waals surface area contributed by atoms with Gasteiger partial charge in [-0.3, -0.25) is 4.79 Å². The number of sulfone groups is 1. The average Bonchev–Trinajstić information content (AvgIpc) is 2.67. The summed E-state index contributed by atoms with van der Waals surface area (Å²) in [5.74, 6) is -0.481. The predicted molar refractivity (Wildman–Crippen MR) is 105 cm³/mol. The van der Waals surface area contributed by atoms with Crippen LogP contribution in [0.15, 0.2) is 70.5 Å². The van der Waals surface area contributed by atoms with Gasteiger partial charge in [0.2, 0.25) is 15.7 Å². The van der Waals surface area contributed by atoms with E-state index in [0.29, 0.717) is 16.8 Å². The highest BCUT2D eigenvalue weighted by Gasteiger charge is 2.18. The van der Waals surface area contributed by atoms with Crippen LogP contribution >= 0.6 is 0 Å². The van der Waals surface area contributed by atoms with E-state index in [9.17, 15) is 18.3 Å². The van der Waals surface area contributed by atoms with Crippen LogP contribution in [0.5, 0.6) is 5.88 Å². The first-order valence-electron chi connectivity index (χ1n) is 8.63. The second-order valence-corrected chi connectivity index (χ2v) is 8.36. The van der Waals surface area contributed by atoms with Crippen molar-refractivity contribution in [1.82, 2.24) is 10.3 Å². The number of pyridine rings is 1. The van der Waals surface area contributed by atoms with Gasteiger partial charge in [-0.1, -0.05) is 18.2 Å². The van der Waals surface area contributed by atoms with Crippen LogP contribution in [0.3, 0.4) is 0 Å². The quantitative estimate of drug-likeness (QED) is 0.691. The summed E-state index contributed by atoms with van der Waals surface area (Å²) < 4.78 is 25.2. The lowest BCUT2D eigenvalue weighted by Crippen LogP contribution is -2.23. The Morgan fingerprint density at radius 2 is 1.61 bits per heavy atom. The van der Waals surface area contributed by atoms with Crippen LogP contribution in [0, 0.1) is 13.8 Å². The van der Waals surface area contributed by atoms with Gasteiger partial charge in [-0.2, -0.15) is 0 Å². The predicted octanol–water partition coefficient (Wildman–Crippen LogP) is 3.17. The molecule has 28 heavy (non-hydrogen) atoms. The highest BCUT2D eigenvalue weighted by atomic mass is 32.2. The van der Waals surface area contributed by atoms with Gasteiger partial charge in [0.1, 0.15) is 0 Å². The second-order valence-electron chi connectivity index (χ2n) is 6.41. The van der Waals surface area contributed by atoms with Crippen LogP contribution in [-0.2, 0) is 16.4 Å². The molecule has 2 N–H and O–H groups in total. The molecule has 144 valence electrons. The van der Waals surface area contributed by atoms with Gasteiger partial charge in [-0.15, -0.1) is 0 Å². The Bertz CT molecular complexity index is 1090. The third-order valence-corrected chi connectivity index (χ3v) is 6.15. The summed E-state index contributed by atoms with van der Waals surface area (Å²) >= 11 is 0. The lowest BCUT2D eigenvalue weighted by Gasteiger charge is -2.11. The number of aromatic hydroxyl groups is 1. The Balaban J connectivity index is 1.74. The van der Waals surface area contributed by atoms with Gasteiger partial charge in [0.25, 0.3) is 5.91 Å². The first-order chi connectivity index (χ1) is 13.3. The molecule has 0 aliphatic heterocycles. The topological polar surface area (TPSA) is 96.4 Å². The van der Waals surface area contributed by atoms with E-state index in [1.54, 1.807) is 25.1 Å². The van der Waals surface area contributed by atoms with Crippen LogP contribution in [0.25, 0.3) is 0 Å². The molecule has 7 heteroatoms. The Hall–Kier alpha value is -3.19. The number of nitrogens with one attached hydrogen (secondary N) is 1. The molecule has 6 nitrogen and oxygen atoms in total. The van der Waals surface area contributed by atoms with Crippen molar-refractivity contribution in [3.05, 3.63) is 83.0 Å². The molecule has 0 spiro atoms. The molecule has 0 radical (unpaired) electrons. The molecule has 0 aliphatic rings. The fourth-order valence-corrected chi connectivity index (χ4v) is 4.14. The zero-order valence-corrected chi connectivity index (χ0v) is 16.3. The third-order valence-electron chi connectivity index (χ3n) is 4.36. The molecule has 0 saturated carbocycles. The zero-order chi connectivity index (χ0) is 20.3. The Labute approximate surface area is 163 Å². The number of benzene rings is 2. The molecule has 1 aromatic heterocycles. The van der Waals surface area contributed by atoms with Crippen molar-refractivity contribution >= 4 is 15.7 Å². The van der Waals surface area contributed by atoms with E-state index in [0.717, 1.165) is 5.56 Å². The van der Waals surface area contributed by atoms with Gasteiger partial charge in [-0.25, -0.2) is 13.4 Å². The maximum atomic E-state index is 12.6. The van der Waals surface area contributed by atoms with Gasteiger partial charge in [-0.05, 0) is 61.9 Å². The number of hydrogen-bond acceptors (Lipinski definition) is 5. The zero-order valence-electron chi connectivity index (χ0n) is 15.5. The van der Waals surface area contributed by atoms with Crippen molar-refractivity contribution in [2.45, 2.75) is 30.2 Å². The highest BCUT2D eigenvalue weighted by Crippen LogP contribution is 2.21. The van der Waals surface area contributed by atoms with E-state index in [-0.39, 0.29) is 28.1 Å². The summed E-state index contributed by atoms with van der Waals surface area (Å²) in [4.78, 5) is 16.7. The van der Waals surface area contributed by atoms with Crippen molar-refractivity contribution in [2.24, 2.45) is 0 Å². The number of rotatable bonds is 5. The van der Waals surface area contributed by atoms with E-state index in [1.807, 2.05) is 13.0 Å². The van der Waals surface area contributed by atoms with Crippen molar-refractivity contribution in [3.63, 3.8) is 0 Å². The average molecular weight is 396 g/mol. The van der Waals surface area contributed by atoms with Crippen molar-refractivity contribution in [3.8, 4) is 5.88 Å². The van der Waals surface area contributed by atoms with Gasteiger partial charge in [0.15, 0.2) is 0 Å². The minimum atomic E-state index is -3.63. The number of carbonyl (C=O) groups excluding carboxylic acids is 1. The summed E-state index contributed by atoms with van der Waals surface area (Å²) in [6.45, 7) is 3.73. The van der Waals surface area contributed by atoms with E-state index in [1.165, 1.54) is 36.4 Å². The highest BCUT2D eigenvalue weighted by molar-refractivity contribution is 7.91. The summed E-state index contributed by atoms with van der Waals surface area (Å²) in [6.07, 6.45) is 0. The maximum absolute atomic E-state index is 12.6. The molecule has 1 amide bonds. The molecular formula is C21H20N2O4S. The lowest BCUT2D eigenvalue weighted by atomic mass is 10.1. The fourth-order valence-electron chi connectivity index (χ4n) is 2.85. The summed E-state index contributed by atoms with van der Waals surface area (Å²) in [5, 5.41) is 12.7.